The topological polar surface area (TPSA) is 36.5 Å². The molecule has 24 heavy (non-hydrogen) atoms. The molecule has 1 saturated heterocycles. The van der Waals surface area contributed by atoms with E-state index in [1.807, 2.05) is 18.2 Å². The summed E-state index contributed by atoms with van der Waals surface area (Å²) in [6.45, 7) is 5.55. The van der Waals surface area contributed by atoms with Crippen LogP contribution >= 0.6 is 23.8 Å². The summed E-state index contributed by atoms with van der Waals surface area (Å²) in [5, 5.41) is 7.63. The fourth-order valence-electron chi connectivity index (χ4n) is 3.22. The summed E-state index contributed by atoms with van der Waals surface area (Å²) in [5.74, 6) is 0.660. The highest BCUT2D eigenvalue weighted by Gasteiger charge is 2.19. The van der Waals surface area contributed by atoms with Gasteiger partial charge in [0, 0.05) is 24.8 Å². The zero-order valence-corrected chi connectivity index (χ0v) is 16.2. The summed E-state index contributed by atoms with van der Waals surface area (Å²) in [7, 11) is 1.60. The lowest BCUT2D eigenvalue weighted by atomic mass is 10.00. The Labute approximate surface area is 155 Å². The fourth-order valence-corrected chi connectivity index (χ4v) is 3.70. The van der Waals surface area contributed by atoms with Crippen molar-refractivity contribution in [1.29, 1.82) is 0 Å². The minimum atomic E-state index is 0.570. The molecule has 1 fully saturated rings. The van der Waals surface area contributed by atoms with Gasteiger partial charge in [-0.3, -0.25) is 0 Å². The molecule has 1 aromatic carbocycles. The van der Waals surface area contributed by atoms with Crippen LogP contribution < -0.4 is 15.4 Å². The monoisotopic (exact) mass is 369 g/mol. The van der Waals surface area contributed by atoms with Gasteiger partial charge in [0.15, 0.2) is 5.11 Å². The number of halogens is 1. The smallest absolute Gasteiger partial charge is 0.170 e. The predicted octanol–water partition coefficient (Wildman–Crippen LogP) is 4.29. The predicted molar refractivity (Wildman–Crippen MR) is 106 cm³/mol. The molecule has 134 valence electrons. The van der Waals surface area contributed by atoms with Gasteiger partial charge >= 0.3 is 0 Å². The van der Waals surface area contributed by atoms with Gasteiger partial charge in [-0.2, -0.15) is 0 Å². The number of thiocarbonyl (C=S) groups is 1. The molecular formula is C18H28ClN3OS. The minimum absolute atomic E-state index is 0.570. The maximum atomic E-state index is 6.12. The molecule has 0 spiro atoms. The van der Waals surface area contributed by atoms with Crippen molar-refractivity contribution in [3.8, 4) is 5.75 Å². The maximum Gasteiger partial charge on any atom is 0.170 e. The van der Waals surface area contributed by atoms with E-state index in [1.54, 1.807) is 7.11 Å². The number of piperidine rings is 1. The van der Waals surface area contributed by atoms with E-state index in [0.717, 1.165) is 31.2 Å². The van der Waals surface area contributed by atoms with Gasteiger partial charge in [0.2, 0.25) is 0 Å². The number of hydrogen-bond donors (Lipinski definition) is 2. The van der Waals surface area contributed by atoms with Gasteiger partial charge in [-0.15, -0.1) is 0 Å². The van der Waals surface area contributed by atoms with Crippen LogP contribution in [0.15, 0.2) is 18.2 Å². The van der Waals surface area contributed by atoms with E-state index in [4.69, 9.17) is 28.6 Å². The molecule has 1 aromatic rings. The lowest BCUT2D eigenvalue weighted by molar-refractivity contribution is 0.143. The Hall–Kier alpha value is -1.04. The Kier molecular flexibility index (Phi) is 8.09. The number of hydrogen-bond acceptors (Lipinski definition) is 3. The molecule has 0 radical (unpaired) electrons. The van der Waals surface area contributed by atoms with E-state index < -0.39 is 0 Å². The summed E-state index contributed by atoms with van der Waals surface area (Å²) in [6.07, 6.45) is 6.42. The Morgan fingerprint density at radius 3 is 2.96 bits per heavy atom. The van der Waals surface area contributed by atoms with Gasteiger partial charge in [-0.25, -0.2) is 0 Å². The van der Waals surface area contributed by atoms with Crippen LogP contribution in [0.4, 0.5) is 5.69 Å². The highest BCUT2D eigenvalue weighted by atomic mass is 35.5. The third kappa shape index (κ3) is 5.80. The van der Waals surface area contributed by atoms with Crippen molar-refractivity contribution in [3.05, 3.63) is 23.2 Å². The molecular weight excluding hydrogens is 342 g/mol. The number of rotatable bonds is 7. The average molecular weight is 370 g/mol. The molecule has 0 aliphatic carbocycles. The summed E-state index contributed by atoms with van der Waals surface area (Å²) >= 11 is 11.5. The van der Waals surface area contributed by atoms with Crippen LogP contribution in [0, 0.1) is 0 Å². The van der Waals surface area contributed by atoms with Crippen molar-refractivity contribution >= 4 is 34.6 Å². The Morgan fingerprint density at radius 1 is 1.42 bits per heavy atom. The zero-order chi connectivity index (χ0) is 17.4. The highest BCUT2D eigenvalue weighted by molar-refractivity contribution is 7.80. The van der Waals surface area contributed by atoms with Crippen LogP contribution in [-0.4, -0.2) is 42.8 Å². The molecule has 1 unspecified atom stereocenters. The van der Waals surface area contributed by atoms with Crippen molar-refractivity contribution in [3.63, 3.8) is 0 Å². The standard InChI is InChI=1S/C18H28ClN3OS/c1-3-15-7-4-5-11-22(15)12-6-10-20-18(24)21-14-8-9-17(23-2)16(19)13-14/h8-9,13,15H,3-7,10-12H2,1-2H3,(H2,20,21,24). The fraction of sp³-hybridized carbons (Fsp3) is 0.611. The van der Waals surface area contributed by atoms with E-state index in [0.29, 0.717) is 15.9 Å². The number of methoxy groups -OCH3 is 1. The highest BCUT2D eigenvalue weighted by Crippen LogP contribution is 2.27. The van der Waals surface area contributed by atoms with Gasteiger partial charge in [-0.05, 0) is 62.6 Å². The molecule has 2 rings (SSSR count). The van der Waals surface area contributed by atoms with Crippen molar-refractivity contribution in [2.24, 2.45) is 0 Å². The van der Waals surface area contributed by atoms with E-state index >= 15 is 0 Å². The van der Waals surface area contributed by atoms with Gasteiger partial charge in [0.05, 0.1) is 12.1 Å². The molecule has 4 nitrogen and oxygen atoms in total. The number of benzene rings is 1. The van der Waals surface area contributed by atoms with Crippen molar-refractivity contribution in [1.82, 2.24) is 10.2 Å². The first-order valence-electron chi connectivity index (χ1n) is 8.76. The summed E-state index contributed by atoms with van der Waals surface area (Å²) < 4.78 is 5.15. The molecule has 2 N–H and O–H groups in total. The van der Waals surface area contributed by atoms with Crippen LogP contribution in [0.3, 0.4) is 0 Å². The number of nitrogens with one attached hydrogen (secondary N) is 2. The summed E-state index contributed by atoms with van der Waals surface area (Å²) in [4.78, 5) is 2.63. The first kappa shape index (κ1) is 19.3. The quantitative estimate of drug-likeness (QED) is 0.554. The van der Waals surface area contributed by atoms with E-state index in [2.05, 4.69) is 22.5 Å². The van der Waals surface area contributed by atoms with Crippen LogP contribution in [-0.2, 0) is 0 Å². The molecule has 1 heterocycles. The van der Waals surface area contributed by atoms with Crippen molar-refractivity contribution < 1.29 is 4.74 Å². The third-order valence-electron chi connectivity index (χ3n) is 4.54. The lowest BCUT2D eigenvalue weighted by Crippen LogP contribution is -2.40. The van der Waals surface area contributed by atoms with Gasteiger partial charge in [0.25, 0.3) is 0 Å². The largest absolute Gasteiger partial charge is 0.495 e. The Morgan fingerprint density at radius 2 is 2.25 bits per heavy atom. The van der Waals surface area contributed by atoms with E-state index in [1.165, 1.54) is 32.2 Å². The molecule has 0 amide bonds. The summed E-state index contributed by atoms with van der Waals surface area (Å²) in [5.41, 5.74) is 0.861. The number of nitrogens with zero attached hydrogens (tertiary/aromatic N) is 1. The van der Waals surface area contributed by atoms with Crippen LogP contribution in [0.25, 0.3) is 0 Å². The molecule has 1 aliphatic rings. The minimum Gasteiger partial charge on any atom is -0.495 e. The second kappa shape index (κ2) is 10.1. The number of likely N-dealkylation sites (tertiary alicyclic amines) is 1. The normalized spacial score (nSPS) is 18.2. The number of ether oxygens (including phenoxy) is 1. The van der Waals surface area contributed by atoms with Gasteiger partial charge in [0.1, 0.15) is 5.75 Å². The van der Waals surface area contributed by atoms with Gasteiger partial charge in [-0.1, -0.05) is 24.9 Å². The maximum absolute atomic E-state index is 6.12. The van der Waals surface area contributed by atoms with E-state index in [9.17, 15) is 0 Å². The van der Waals surface area contributed by atoms with Crippen LogP contribution in [0.5, 0.6) is 5.75 Å². The second-order valence-corrected chi connectivity index (χ2v) is 6.99. The first-order valence-corrected chi connectivity index (χ1v) is 9.55. The molecule has 0 saturated carbocycles. The zero-order valence-electron chi connectivity index (χ0n) is 14.6. The van der Waals surface area contributed by atoms with Crippen LogP contribution in [0.1, 0.15) is 39.0 Å². The third-order valence-corrected chi connectivity index (χ3v) is 5.08. The van der Waals surface area contributed by atoms with Gasteiger partial charge < -0.3 is 20.3 Å². The Bertz CT molecular complexity index is 541. The Balaban J connectivity index is 1.68. The average Bonchev–Trinajstić information content (AvgIpc) is 2.59. The molecule has 0 bridgehead atoms. The molecule has 6 heteroatoms. The summed E-state index contributed by atoms with van der Waals surface area (Å²) in [6, 6.07) is 6.31. The molecule has 1 atom stereocenters. The van der Waals surface area contributed by atoms with Crippen molar-refractivity contribution in [2.45, 2.75) is 45.1 Å². The molecule has 0 aromatic heterocycles. The van der Waals surface area contributed by atoms with E-state index in [-0.39, 0.29) is 0 Å². The SMILES string of the molecule is CCC1CCCCN1CCCNC(=S)Nc1ccc(OC)c(Cl)c1. The second-order valence-electron chi connectivity index (χ2n) is 6.18. The molecule has 1 aliphatic heterocycles. The van der Waals surface area contributed by atoms with Crippen molar-refractivity contribution in [2.75, 3.05) is 32.1 Å². The van der Waals surface area contributed by atoms with Crippen LogP contribution in [0.2, 0.25) is 5.02 Å². The first-order chi connectivity index (χ1) is 11.6. The lowest BCUT2D eigenvalue weighted by Gasteiger charge is -2.35. The number of anilines is 1.